The summed E-state index contributed by atoms with van der Waals surface area (Å²) >= 11 is 0. The van der Waals surface area contributed by atoms with Crippen molar-refractivity contribution in [3.8, 4) is 33.4 Å². The van der Waals surface area contributed by atoms with Gasteiger partial charge in [0.05, 0.1) is 5.69 Å². The summed E-state index contributed by atoms with van der Waals surface area (Å²) in [7, 11) is 0. The predicted molar refractivity (Wildman–Crippen MR) is 271 cm³/mol. The lowest BCUT2D eigenvalue weighted by Crippen LogP contribution is -2.11. The molecule has 0 N–H and O–H groups in total. The molecule has 0 spiro atoms. The van der Waals surface area contributed by atoms with E-state index in [4.69, 9.17) is 8.83 Å². The number of rotatable bonds is 8. The van der Waals surface area contributed by atoms with E-state index in [0.717, 1.165) is 105 Å². The number of nitrogens with zero attached hydrogens (tertiary/aromatic N) is 1. The van der Waals surface area contributed by atoms with E-state index in [1.165, 1.54) is 21.7 Å². The van der Waals surface area contributed by atoms with Crippen LogP contribution < -0.4 is 4.90 Å². The molecular weight excluding hydrogens is 779 g/mol. The minimum absolute atomic E-state index is 0.853. The highest BCUT2D eigenvalue weighted by molar-refractivity contribution is 6.19. The molecule has 10 aromatic carbocycles. The number of anilines is 3. The lowest BCUT2D eigenvalue weighted by atomic mass is 9.95. The van der Waals surface area contributed by atoms with Gasteiger partial charge in [0.15, 0.2) is 0 Å². The minimum atomic E-state index is 0.853. The first-order valence-electron chi connectivity index (χ1n) is 21.8. The number of benzene rings is 10. The molecule has 0 fully saturated rings. The van der Waals surface area contributed by atoms with Gasteiger partial charge in [-0.1, -0.05) is 170 Å². The average Bonchev–Trinajstić information content (AvgIpc) is 3.94. The van der Waals surface area contributed by atoms with Crippen LogP contribution in [0.25, 0.3) is 105 Å². The first-order valence-corrected chi connectivity index (χ1v) is 21.8. The summed E-state index contributed by atoms with van der Waals surface area (Å²) in [5.74, 6) is 0. The second-order valence-corrected chi connectivity index (χ2v) is 16.5. The van der Waals surface area contributed by atoms with E-state index < -0.39 is 0 Å². The largest absolute Gasteiger partial charge is 0.455 e. The summed E-state index contributed by atoms with van der Waals surface area (Å²) in [5.41, 5.74) is 15.7. The first kappa shape index (κ1) is 37.4. The Morgan fingerprint density at radius 2 is 1.02 bits per heavy atom. The predicted octanol–water partition coefficient (Wildman–Crippen LogP) is 17.8. The zero-order valence-electron chi connectivity index (χ0n) is 35.3. The fourth-order valence-corrected chi connectivity index (χ4v) is 9.68. The molecule has 2 aromatic heterocycles. The Bertz CT molecular complexity index is 3810. The van der Waals surface area contributed by atoms with E-state index in [2.05, 4.69) is 225 Å². The normalized spacial score (nSPS) is 11.8. The molecule has 0 bridgehead atoms. The van der Waals surface area contributed by atoms with Crippen molar-refractivity contribution in [2.75, 3.05) is 4.90 Å². The van der Waals surface area contributed by atoms with E-state index in [1.54, 1.807) is 6.08 Å². The first-order chi connectivity index (χ1) is 31.6. The maximum absolute atomic E-state index is 6.70. The molecule has 3 heteroatoms. The molecule has 0 saturated carbocycles. The number of furan rings is 2. The van der Waals surface area contributed by atoms with Crippen LogP contribution in [0.2, 0.25) is 0 Å². The summed E-state index contributed by atoms with van der Waals surface area (Å²) in [5, 5.41) is 9.18. The highest BCUT2D eigenvalue weighted by Gasteiger charge is 2.22. The number of fused-ring (bicyclic) bond motifs is 9. The van der Waals surface area contributed by atoms with Crippen LogP contribution >= 0.6 is 0 Å². The number of allylic oxidation sites excluding steroid dienone is 2. The molecule has 0 atom stereocenters. The molecular formula is C61H41NO2. The van der Waals surface area contributed by atoms with Gasteiger partial charge in [-0.05, 0) is 111 Å². The Kier molecular flexibility index (Phi) is 8.87. The summed E-state index contributed by atoms with van der Waals surface area (Å²) in [6, 6.07) is 71.9. The van der Waals surface area contributed by atoms with Crippen LogP contribution in [0, 0.1) is 6.92 Å². The van der Waals surface area contributed by atoms with Crippen molar-refractivity contribution in [2.45, 2.75) is 6.92 Å². The van der Waals surface area contributed by atoms with Crippen molar-refractivity contribution >= 4 is 88.6 Å². The van der Waals surface area contributed by atoms with Crippen LogP contribution in [-0.2, 0) is 0 Å². The van der Waals surface area contributed by atoms with E-state index in [0.29, 0.717) is 0 Å². The number of hydrogen-bond donors (Lipinski definition) is 0. The summed E-state index contributed by atoms with van der Waals surface area (Å²) in [4.78, 5) is 2.38. The number of para-hydroxylation sites is 1. The fourth-order valence-electron chi connectivity index (χ4n) is 9.68. The van der Waals surface area contributed by atoms with Crippen LogP contribution in [0.1, 0.15) is 11.1 Å². The summed E-state index contributed by atoms with van der Waals surface area (Å²) in [6.45, 7) is 6.04. The quantitative estimate of drug-likeness (QED) is 0.143. The molecule has 0 radical (unpaired) electrons. The van der Waals surface area contributed by atoms with Crippen molar-refractivity contribution in [2.24, 2.45) is 0 Å². The lowest BCUT2D eigenvalue weighted by Gasteiger charge is -2.28. The van der Waals surface area contributed by atoms with Gasteiger partial charge in [0, 0.05) is 49.4 Å². The number of hydrogen-bond acceptors (Lipinski definition) is 3. The Morgan fingerprint density at radius 3 is 1.80 bits per heavy atom. The van der Waals surface area contributed by atoms with Crippen LogP contribution in [0.15, 0.2) is 228 Å². The SMILES string of the molecule is C=C/C=C\c1c(C)ccc2c1oc1cccc(-c3ccccc3N(c3ccc(-c4ccc5ccccc5c4)cc3)c3ccc(-c4cccc5oc6c7ccccc7ccc6c45)cc3)c12. The Labute approximate surface area is 371 Å². The van der Waals surface area contributed by atoms with Gasteiger partial charge in [-0.3, -0.25) is 0 Å². The molecule has 0 aliphatic carbocycles. The molecule has 0 aliphatic rings. The van der Waals surface area contributed by atoms with Gasteiger partial charge in [0.25, 0.3) is 0 Å². The van der Waals surface area contributed by atoms with Gasteiger partial charge in [0.1, 0.15) is 22.3 Å². The molecule has 0 unspecified atom stereocenters. The van der Waals surface area contributed by atoms with Crippen molar-refractivity contribution < 1.29 is 8.83 Å². The fraction of sp³-hybridized carbons (Fsp3) is 0.0164. The third-order valence-electron chi connectivity index (χ3n) is 12.8. The molecule has 0 saturated heterocycles. The third kappa shape index (κ3) is 6.13. The van der Waals surface area contributed by atoms with E-state index >= 15 is 0 Å². The topological polar surface area (TPSA) is 29.5 Å². The average molecular weight is 820 g/mol. The smallest absolute Gasteiger partial charge is 0.143 e. The molecule has 302 valence electrons. The standard InChI is InChI=1S/C61H41NO2/c1-3-4-16-48-39(2)24-36-53-59-52(20-12-23-57(59)63-60(48)53)51-18-9-10-21-55(51)62(46-32-27-41(28-33-46)45-26-25-40-13-5-6-15-44(40)38-45)47-34-29-43(30-35-47)49-19-11-22-56-58(49)54-37-31-42-14-7-8-17-50(42)61(54)64-56/h3-38H,1H2,2H3/b16-4-. The van der Waals surface area contributed by atoms with Crippen LogP contribution in [-0.4, -0.2) is 0 Å². The maximum atomic E-state index is 6.70. The Balaban J connectivity index is 1.02. The highest BCUT2D eigenvalue weighted by atomic mass is 16.3. The van der Waals surface area contributed by atoms with Gasteiger partial charge in [0.2, 0.25) is 0 Å². The summed E-state index contributed by atoms with van der Waals surface area (Å²) in [6.07, 6.45) is 5.86. The van der Waals surface area contributed by atoms with Crippen molar-refractivity contribution in [1.82, 2.24) is 0 Å². The molecule has 2 heterocycles. The van der Waals surface area contributed by atoms with Gasteiger partial charge in [-0.25, -0.2) is 0 Å². The molecule has 0 aliphatic heterocycles. The van der Waals surface area contributed by atoms with Crippen LogP contribution in [0.5, 0.6) is 0 Å². The monoisotopic (exact) mass is 819 g/mol. The van der Waals surface area contributed by atoms with Gasteiger partial charge < -0.3 is 13.7 Å². The van der Waals surface area contributed by atoms with Crippen molar-refractivity contribution in [3.63, 3.8) is 0 Å². The minimum Gasteiger partial charge on any atom is -0.455 e. The molecule has 12 rings (SSSR count). The van der Waals surface area contributed by atoms with Gasteiger partial charge >= 0.3 is 0 Å². The zero-order chi connectivity index (χ0) is 42.7. The molecule has 12 aromatic rings. The van der Waals surface area contributed by atoms with Crippen molar-refractivity contribution in [1.29, 1.82) is 0 Å². The molecule has 3 nitrogen and oxygen atoms in total. The maximum Gasteiger partial charge on any atom is 0.143 e. The summed E-state index contributed by atoms with van der Waals surface area (Å²) < 4.78 is 13.3. The molecule has 0 amide bonds. The van der Waals surface area contributed by atoms with Gasteiger partial charge in [-0.2, -0.15) is 0 Å². The number of aryl methyl sites for hydroxylation is 1. The highest BCUT2D eigenvalue weighted by Crippen LogP contribution is 2.47. The van der Waals surface area contributed by atoms with Crippen LogP contribution in [0.4, 0.5) is 17.1 Å². The second kappa shape index (κ2) is 15.2. The van der Waals surface area contributed by atoms with Gasteiger partial charge in [-0.15, -0.1) is 0 Å². The second-order valence-electron chi connectivity index (χ2n) is 16.5. The van der Waals surface area contributed by atoms with E-state index in [9.17, 15) is 0 Å². The Hall–Kier alpha value is -8.40. The Morgan fingerprint density at radius 1 is 0.438 bits per heavy atom. The zero-order valence-corrected chi connectivity index (χ0v) is 35.3. The lowest BCUT2D eigenvalue weighted by molar-refractivity contribution is 0.667. The van der Waals surface area contributed by atoms with Crippen LogP contribution in [0.3, 0.4) is 0 Å². The third-order valence-corrected chi connectivity index (χ3v) is 12.8. The van der Waals surface area contributed by atoms with E-state index in [1.807, 2.05) is 6.08 Å². The van der Waals surface area contributed by atoms with E-state index in [-0.39, 0.29) is 0 Å². The van der Waals surface area contributed by atoms with Crippen molar-refractivity contribution in [3.05, 3.63) is 230 Å². The molecule has 64 heavy (non-hydrogen) atoms.